The first-order chi connectivity index (χ1) is 10.9. The average Bonchev–Trinajstić information content (AvgIpc) is 2.53. The summed E-state index contributed by atoms with van der Waals surface area (Å²) in [5, 5.41) is 8.98. The van der Waals surface area contributed by atoms with Crippen LogP contribution in [-0.2, 0) is 10.0 Å². The number of nitriles is 1. The molecule has 3 rings (SSSR count). The van der Waals surface area contributed by atoms with Crippen LogP contribution in [-0.4, -0.2) is 30.3 Å². The Hall–Kier alpha value is -1.45. The number of sulfonamides is 1. The van der Waals surface area contributed by atoms with Crippen molar-refractivity contribution in [3.05, 3.63) is 24.0 Å². The van der Waals surface area contributed by atoms with E-state index >= 15 is 0 Å². The second kappa shape index (κ2) is 5.88. The Balaban J connectivity index is 1.93. The summed E-state index contributed by atoms with van der Waals surface area (Å²) >= 11 is 0. The van der Waals surface area contributed by atoms with Gasteiger partial charge in [-0.25, -0.2) is 8.42 Å². The summed E-state index contributed by atoms with van der Waals surface area (Å²) in [6.07, 6.45) is 8.63. The summed E-state index contributed by atoms with van der Waals surface area (Å²) in [6, 6.07) is 3.44. The molecular weight excluding hydrogens is 310 g/mol. The van der Waals surface area contributed by atoms with Gasteiger partial charge in [-0.2, -0.15) is 9.57 Å². The van der Waals surface area contributed by atoms with E-state index < -0.39 is 10.0 Å². The predicted molar refractivity (Wildman–Crippen MR) is 87.0 cm³/mol. The van der Waals surface area contributed by atoms with Crippen LogP contribution in [0.4, 0.5) is 0 Å². The Morgan fingerprint density at radius 2 is 2.00 bits per heavy atom. The minimum absolute atomic E-state index is 0.0542. The molecule has 5 nitrogen and oxygen atoms in total. The Kier molecular flexibility index (Phi) is 4.19. The maximum absolute atomic E-state index is 13.0. The van der Waals surface area contributed by atoms with E-state index in [1.807, 2.05) is 6.07 Å². The molecule has 2 aliphatic rings. The average molecular weight is 333 g/mol. The molecule has 1 atom stereocenters. The molecule has 1 saturated carbocycles. The third-order valence-electron chi connectivity index (χ3n) is 5.34. The van der Waals surface area contributed by atoms with Crippen LogP contribution in [0.25, 0.3) is 0 Å². The molecule has 1 aromatic heterocycles. The number of nitrogens with zero attached hydrogens (tertiary/aromatic N) is 3. The zero-order chi connectivity index (χ0) is 16.7. The molecule has 0 unspecified atom stereocenters. The first kappa shape index (κ1) is 16.4. The molecule has 0 N–H and O–H groups in total. The van der Waals surface area contributed by atoms with Crippen molar-refractivity contribution >= 4 is 10.0 Å². The van der Waals surface area contributed by atoms with E-state index in [9.17, 15) is 8.42 Å². The monoisotopic (exact) mass is 333 g/mol. The first-order valence-corrected chi connectivity index (χ1v) is 9.72. The van der Waals surface area contributed by atoms with Crippen LogP contribution in [0.3, 0.4) is 0 Å². The van der Waals surface area contributed by atoms with E-state index in [4.69, 9.17) is 5.26 Å². The number of pyridine rings is 1. The molecule has 2 fully saturated rings. The molecule has 0 bridgehead atoms. The second-order valence-corrected chi connectivity index (χ2v) is 9.07. The molecule has 0 radical (unpaired) electrons. The van der Waals surface area contributed by atoms with Crippen molar-refractivity contribution in [1.82, 2.24) is 9.29 Å². The molecule has 1 aromatic rings. The molecule has 6 heteroatoms. The lowest BCUT2D eigenvalue weighted by Crippen LogP contribution is -2.68. The third-order valence-corrected chi connectivity index (χ3v) is 7.13. The Morgan fingerprint density at radius 3 is 2.61 bits per heavy atom. The summed E-state index contributed by atoms with van der Waals surface area (Å²) in [7, 11) is -3.58. The highest BCUT2D eigenvalue weighted by atomic mass is 32.2. The van der Waals surface area contributed by atoms with E-state index in [-0.39, 0.29) is 27.8 Å². The fraction of sp³-hybridized carbons (Fsp3) is 0.647. The minimum Gasteiger partial charge on any atom is -0.262 e. The van der Waals surface area contributed by atoms with Gasteiger partial charge in [0.25, 0.3) is 0 Å². The SMILES string of the molecule is CC(C)[C@@H]1N(S(=O)(=O)c2cncc(C#N)c2)CC12CCCCC2. The summed E-state index contributed by atoms with van der Waals surface area (Å²) < 4.78 is 27.6. The van der Waals surface area contributed by atoms with Crippen LogP contribution in [0.15, 0.2) is 23.4 Å². The second-order valence-electron chi connectivity index (χ2n) is 7.18. The minimum atomic E-state index is -3.58. The topological polar surface area (TPSA) is 74.1 Å². The van der Waals surface area contributed by atoms with Crippen LogP contribution < -0.4 is 0 Å². The van der Waals surface area contributed by atoms with Crippen molar-refractivity contribution in [2.24, 2.45) is 11.3 Å². The van der Waals surface area contributed by atoms with E-state index in [1.165, 1.54) is 37.7 Å². The van der Waals surface area contributed by atoms with E-state index in [1.54, 1.807) is 4.31 Å². The van der Waals surface area contributed by atoms with Gasteiger partial charge in [-0.15, -0.1) is 0 Å². The summed E-state index contributed by atoms with van der Waals surface area (Å²) in [4.78, 5) is 4.04. The van der Waals surface area contributed by atoms with Crippen LogP contribution >= 0.6 is 0 Å². The molecule has 1 saturated heterocycles. The van der Waals surface area contributed by atoms with Crippen molar-refractivity contribution in [2.45, 2.75) is 56.9 Å². The molecule has 23 heavy (non-hydrogen) atoms. The fourth-order valence-electron chi connectivity index (χ4n) is 4.44. The van der Waals surface area contributed by atoms with Gasteiger partial charge in [0, 0.05) is 30.4 Å². The van der Waals surface area contributed by atoms with Crippen molar-refractivity contribution in [3.63, 3.8) is 0 Å². The van der Waals surface area contributed by atoms with Gasteiger partial charge in [0.05, 0.1) is 5.56 Å². The molecule has 0 aromatic carbocycles. The predicted octanol–water partition coefficient (Wildman–Crippen LogP) is 2.93. The highest BCUT2D eigenvalue weighted by Gasteiger charge is 2.57. The molecule has 0 amide bonds. The molecular formula is C17H23N3O2S. The van der Waals surface area contributed by atoms with Crippen molar-refractivity contribution in [1.29, 1.82) is 5.26 Å². The van der Waals surface area contributed by atoms with Gasteiger partial charge in [-0.05, 0) is 24.8 Å². The first-order valence-electron chi connectivity index (χ1n) is 8.28. The molecule has 124 valence electrons. The van der Waals surface area contributed by atoms with Gasteiger partial charge in [0.15, 0.2) is 0 Å². The molecule has 2 heterocycles. The summed E-state index contributed by atoms with van der Waals surface area (Å²) in [5.41, 5.74) is 0.430. The van der Waals surface area contributed by atoms with Gasteiger partial charge in [-0.3, -0.25) is 4.98 Å². The quantitative estimate of drug-likeness (QED) is 0.852. The maximum Gasteiger partial charge on any atom is 0.244 e. The highest BCUT2D eigenvalue weighted by molar-refractivity contribution is 7.89. The van der Waals surface area contributed by atoms with E-state index in [2.05, 4.69) is 18.8 Å². The van der Waals surface area contributed by atoms with Crippen LogP contribution in [0, 0.1) is 22.7 Å². The standard InChI is InChI=1S/C17H23N3O2S/c1-13(2)16-17(6-4-3-5-7-17)12-20(16)23(21,22)15-8-14(9-18)10-19-11-15/h8,10-11,13,16H,3-7,12H2,1-2H3/t16-/m0/s1. The number of hydrogen-bond acceptors (Lipinski definition) is 4. The lowest BCUT2D eigenvalue weighted by Gasteiger charge is -2.60. The number of rotatable bonds is 3. The zero-order valence-electron chi connectivity index (χ0n) is 13.7. The van der Waals surface area contributed by atoms with Crippen molar-refractivity contribution < 1.29 is 8.42 Å². The third kappa shape index (κ3) is 2.66. The smallest absolute Gasteiger partial charge is 0.244 e. The van der Waals surface area contributed by atoms with Gasteiger partial charge in [-0.1, -0.05) is 33.1 Å². The molecule has 1 spiro atoms. The maximum atomic E-state index is 13.0. The van der Waals surface area contributed by atoms with Gasteiger partial charge in [0.1, 0.15) is 11.0 Å². The summed E-state index contributed by atoms with van der Waals surface area (Å²) in [6.45, 7) is 4.81. The zero-order valence-corrected chi connectivity index (χ0v) is 14.5. The lowest BCUT2D eigenvalue weighted by molar-refractivity contribution is -0.0652. The molecule has 1 aliphatic carbocycles. The molecule has 1 aliphatic heterocycles. The van der Waals surface area contributed by atoms with Crippen molar-refractivity contribution in [3.8, 4) is 6.07 Å². The number of hydrogen-bond donors (Lipinski definition) is 0. The van der Waals surface area contributed by atoms with E-state index in [0.29, 0.717) is 6.54 Å². The van der Waals surface area contributed by atoms with E-state index in [0.717, 1.165) is 12.8 Å². The Morgan fingerprint density at radius 1 is 1.30 bits per heavy atom. The van der Waals surface area contributed by atoms with Gasteiger partial charge < -0.3 is 0 Å². The number of aromatic nitrogens is 1. The lowest BCUT2D eigenvalue weighted by atomic mass is 9.61. The van der Waals surface area contributed by atoms with Gasteiger partial charge in [0.2, 0.25) is 10.0 Å². The van der Waals surface area contributed by atoms with Gasteiger partial charge >= 0.3 is 0 Å². The summed E-state index contributed by atoms with van der Waals surface area (Å²) in [5.74, 6) is 0.281. The Labute approximate surface area is 138 Å². The van der Waals surface area contributed by atoms with Crippen LogP contribution in [0.5, 0.6) is 0 Å². The Bertz CT molecular complexity index is 730. The van der Waals surface area contributed by atoms with Crippen LogP contribution in [0.1, 0.15) is 51.5 Å². The fourth-order valence-corrected chi connectivity index (χ4v) is 6.37. The van der Waals surface area contributed by atoms with Crippen molar-refractivity contribution in [2.75, 3.05) is 6.54 Å². The highest BCUT2D eigenvalue weighted by Crippen LogP contribution is 2.53. The largest absolute Gasteiger partial charge is 0.262 e. The normalized spacial score (nSPS) is 24.3. The van der Waals surface area contributed by atoms with Crippen LogP contribution in [0.2, 0.25) is 0 Å².